The smallest absolute Gasteiger partial charge is 0.236 e. The van der Waals surface area contributed by atoms with Crippen molar-refractivity contribution in [3.8, 4) is 0 Å². The van der Waals surface area contributed by atoms with E-state index < -0.39 is 0 Å². The molecule has 0 aliphatic carbocycles. The molecule has 1 fully saturated rings. The van der Waals surface area contributed by atoms with Crippen LogP contribution in [0.4, 0.5) is 0 Å². The fraction of sp³-hybridized carbons (Fsp3) is 0.375. The molecule has 1 saturated heterocycles. The van der Waals surface area contributed by atoms with Gasteiger partial charge in [0.1, 0.15) is 0 Å². The molecule has 1 aliphatic rings. The highest BCUT2D eigenvalue weighted by Crippen LogP contribution is 2.21. The zero-order chi connectivity index (χ0) is 19.2. The average molecular weight is 376 g/mol. The summed E-state index contributed by atoms with van der Waals surface area (Å²) in [7, 11) is 0. The molecule has 1 aliphatic heterocycles. The van der Waals surface area contributed by atoms with Gasteiger partial charge in [0.25, 0.3) is 0 Å². The lowest BCUT2D eigenvalue weighted by Crippen LogP contribution is -2.43. The third-order valence-electron chi connectivity index (χ3n) is 5.86. The molecule has 4 rings (SSSR count). The second-order valence-electron chi connectivity index (χ2n) is 7.80. The summed E-state index contributed by atoms with van der Waals surface area (Å²) in [5.74, 6) is 0.929. The molecule has 1 aromatic heterocycles. The van der Waals surface area contributed by atoms with Gasteiger partial charge < -0.3 is 15.2 Å². The van der Waals surface area contributed by atoms with Crippen LogP contribution in [-0.4, -0.2) is 42.0 Å². The molecule has 3 aromatic rings. The van der Waals surface area contributed by atoms with E-state index in [1.54, 1.807) is 0 Å². The van der Waals surface area contributed by atoms with Gasteiger partial charge in [-0.2, -0.15) is 0 Å². The Balaban J connectivity index is 1.17. The summed E-state index contributed by atoms with van der Waals surface area (Å²) in [4.78, 5) is 17.8. The summed E-state index contributed by atoms with van der Waals surface area (Å²) in [6.07, 6.45) is 6.35. The van der Waals surface area contributed by atoms with Crippen LogP contribution in [0.1, 0.15) is 24.0 Å². The number of carbonyl (C=O) groups is 1. The Kier molecular flexibility index (Phi) is 6.07. The lowest BCUT2D eigenvalue weighted by atomic mass is 9.90. The highest BCUT2D eigenvalue weighted by Gasteiger charge is 2.22. The van der Waals surface area contributed by atoms with Gasteiger partial charge in [-0.3, -0.25) is 4.79 Å². The molecule has 1 amide bonds. The van der Waals surface area contributed by atoms with Gasteiger partial charge in [0.15, 0.2) is 0 Å². The molecule has 0 saturated carbocycles. The first kappa shape index (κ1) is 18.8. The van der Waals surface area contributed by atoms with E-state index in [-0.39, 0.29) is 5.91 Å². The minimum atomic E-state index is 0.233. The number of H-pyrrole nitrogens is 1. The SMILES string of the molecule is O=C(CNCCc1c[nH]c2ccccc12)N1CCC(Cc2ccccc2)CC1. The molecule has 2 N–H and O–H groups in total. The second kappa shape index (κ2) is 9.07. The molecule has 0 atom stereocenters. The Morgan fingerprint density at radius 3 is 2.61 bits per heavy atom. The van der Waals surface area contributed by atoms with Crippen LogP contribution < -0.4 is 5.32 Å². The number of carbonyl (C=O) groups excluding carboxylic acids is 1. The van der Waals surface area contributed by atoms with Gasteiger partial charge in [0, 0.05) is 30.2 Å². The van der Waals surface area contributed by atoms with Crippen molar-refractivity contribution in [2.75, 3.05) is 26.2 Å². The molecule has 2 heterocycles. The van der Waals surface area contributed by atoms with Gasteiger partial charge in [0.05, 0.1) is 6.54 Å². The largest absolute Gasteiger partial charge is 0.361 e. The summed E-state index contributed by atoms with van der Waals surface area (Å²) < 4.78 is 0. The first-order valence-electron chi connectivity index (χ1n) is 10.4. The second-order valence-corrected chi connectivity index (χ2v) is 7.80. The Labute approximate surface area is 166 Å². The molecule has 0 unspecified atom stereocenters. The van der Waals surface area contributed by atoms with Crippen LogP contribution >= 0.6 is 0 Å². The Morgan fingerprint density at radius 2 is 1.79 bits per heavy atom. The standard InChI is InChI=1S/C24H29N3O/c28-24(18-25-13-10-21-17-26-23-9-5-4-8-22(21)23)27-14-11-20(12-15-27)16-19-6-2-1-3-7-19/h1-9,17,20,25-26H,10-16,18H2. The van der Waals surface area contributed by atoms with Gasteiger partial charge in [-0.15, -0.1) is 0 Å². The van der Waals surface area contributed by atoms with Crippen LogP contribution in [0, 0.1) is 5.92 Å². The highest BCUT2D eigenvalue weighted by atomic mass is 16.2. The fourth-order valence-corrected chi connectivity index (χ4v) is 4.20. The number of rotatable bonds is 7. The zero-order valence-electron chi connectivity index (χ0n) is 16.4. The van der Waals surface area contributed by atoms with E-state index >= 15 is 0 Å². The molecule has 4 heteroatoms. The molecule has 2 aromatic carbocycles. The molecule has 4 nitrogen and oxygen atoms in total. The molecule has 28 heavy (non-hydrogen) atoms. The van der Waals surface area contributed by atoms with Crippen LogP contribution in [0.5, 0.6) is 0 Å². The number of nitrogens with one attached hydrogen (secondary N) is 2. The highest BCUT2D eigenvalue weighted by molar-refractivity contribution is 5.83. The summed E-state index contributed by atoms with van der Waals surface area (Å²) in [5.41, 5.74) is 3.88. The zero-order valence-corrected chi connectivity index (χ0v) is 16.4. The number of aromatic amines is 1. The lowest BCUT2D eigenvalue weighted by Gasteiger charge is -2.32. The van der Waals surface area contributed by atoms with Crippen LogP contribution in [0.2, 0.25) is 0 Å². The number of hydrogen-bond donors (Lipinski definition) is 2. The van der Waals surface area contributed by atoms with E-state index in [0.29, 0.717) is 12.5 Å². The summed E-state index contributed by atoms with van der Waals surface area (Å²) in [5, 5.41) is 4.61. The number of benzene rings is 2. The van der Waals surface area contributed by atoms with Crippen molar-refractivity contribution in [2.24, 2.45) is 5.92 Å². The summed E-state index contributed by atoms with van der Waals surface area (Å²) in [6, 6.07) is 19.0. The summed E-state index contributed by atoms with van der Waals surface area (Å²) in [6.45, 7) is 3.03. The molecule has 0 bridgehead atoms. The average Bonchev–Trinajstić information content (AvgIpc) is 3.15. The van der Waals surface area contributed by atoms with Crippen LogP contribution in [0.3, 0.4) is 0 Å². The number of aromatic nitrogens is 1. The molecule has 146 valence electrons. The maximum atomic E-state index is 12.5. The first-order chi connectivity index (χ1) is 13.8. The Morgan fingerprint density at radius 1 is 1.04 bits per heavy atom. The Hall–Kier alpha value is -2.59. The first-order valence-corrected chi connectivity index (χ1v) is 10.4. The third-order valence-corrected chi connectivity index (χ3v) is 5.86. The number of likely N-dealkylation sites (tertiary alicyclic amines) is 1. The normalized spacial score (nSPS) is 15.2. The van der Waals surface area contributed by atoms with Gasteiger partial charge in [-0.05, 0) is 55.3 Å². The van der Waals surface area contributed by atoms with Crippen molar-refractivity contribution in [1.82, 2.24) is 15.2 Å². The van der Waals surface area contributed by atoms with Crippen molar-refractivity contribution >= 4 is 16.8 Å². The fourth-order valence-electron chi connectivity index (χ4n) is 4.20. The molecule has 0 radical (unpaired) electrons. The minimum absolute atomic E-state index is 0.233. The predicted octanol–water partition coefficient (Wildman–Crippen LogP) is 3.78. The number of hydrogen-bond acceptors (Lipinski definition) is 2. The van der Waals surface area contributed by atoms with Gasteiger partial charge in [-0.1, -0.05) is 48.5 Å². The van der Waals surface area contributed by atoms with E-state index in [0.717, 1.165) is 45.3 Å². The predicted molar refractivity (Wildman–Crippen MR) is 114 cm³/mol. The minimum Gasteiger partial charge on any atom is -0.361 e. The topological polar surface area (TPSA) is 48.1 Å². The molecular weight excluding hydrogens is 346 g/mol. The van der Waals surface area contributed by atoms with Crippen molar-refractivity contribution < 1.29 is 4.79 Å². The quantitative estimate of drug-likeness (QED) is 0.618. The van der Waals surface area contributed by atoms with Crippen molar-refractivity contribution in [3.63, 3.8) is 0 Å². The summed E-state index contributed by atoms with van der Waals surface area (Å²) >= 11 is 0. The van der Waals surface area contributed by atoms with Crippen molar-refractivity contribution in [1.29, 1.82) is 0 Å². The van der Waals surface area contributed by atoms with Crippen molar-refractivity contribution in [2.45, 2.75) is 25.7 Å². The van der Waals surface area contributed by atoms with Gasteiger partial charge in [-0.25, -0.2) is 0 Å². The van der Waals surface area contributed by atoms with E-state index in [1.807, 2.05) is 11.0 Å². The number of amides is 1. The van der Waals surface area contributed by atoms with Gasteiger partial charge >= 0.3 is 0 Å². The van der Waals surface area contributed by atoms with E-state index in [1.165, 1.54) is 22.0 Å². The third kappa shape index (κ3) is 4.63. The Bertz CT molecular complexity index is 894. The van der Waals surface area contributed by atoms with Crippen LogP contribution in [-0.2, 0) is 17.6 Å². The van der Waals surface area contributed by atoms with E-state index in [4.69, 9.17) is 0 Å². The number of piperidine rings is 1. The number of fused-ring (bicyclic) bond motifs is 1. The molecular formula is C24H29N3O. The van der Waals surface area contributed by atoms with E-state index in [2.05, 4.69) is 65.0 Å². The molecule has 0 spiro atoms. The number of para-hydroxylation sites is 1. The maximum absolute atomic E-state index is 12.5. The van der Waals surface area contributed by atoms with Crippen LogP contribution in [0.15, 0.2) is 60.8 Å². The van der Waals surface area contributed by atoms with Gasteiger partial charge in [0.2, 0.25) is 5.91 Å². The van der Waals surface area contributed by atoms with E-state index in [9.17, 15) is 4.79 Å². The number of nitrogens with zero attached hydrogens (tertiary/aromatic N) is 1. The maximum Gasteiger partial charge on any atom is 0.236 e. The lowest BCUT2D eigenvalue weighted by molar-refractivity contribution is -0.131. The monoisotopic (exact) mass is 375 g/mol. The van der Waals surface area contributed by atoms with Crippen molar-refractivity contribution in [3.05, 3.63) is 71.9 Å². The van der Waals surface area contributed by atoms with Crippen LogP contribution in [0.25, 0.3) is 10.9 Å².